The van der Waals surface area contributed by atoms with E-state index in [4.69, 9.17) is 5.73 Å². The van der Waals surface area contributed by atoms with Crippen LogP contribution in [-0.2, 0) is 4.79 Å². The van der Waals surface area contributed by atoms with Gasteiger partial charge >= 0.3 is 0 Å². The number of hydrogen-bond donors (Lipinski definition) is 2. The minimum Gasteiger partial charge on any atom is -0.399 e. The Bertz CT molecular complexity index is 639. The molecular weight excluding hydrogens is 272 g/mol. The SMILES string of the molecule is CNC(=O)C1CCCN(c2nc3ccc(N)cc3s2)C1. The van der Waals surface area contributed by atoms with Crippen LogP contribution in [0.15, 0.2) is 18.2 Å². The van der Waals surface area contributed by atoms with Crippen LogP contribution in [-0.4, -0.2) is 31.0 Å². The molecule has 6 heteroatoms. The third-order valence-corrected chi connectivity index (χ3v) is 4.79. The van der Waals surface area contributed by atoms with Gasteiger partial charge in [0.25, 0.3) is 0 Å². The Morgan fingerprint density at radius 1 is 1.55 bits per heavy atom. The molecule has 1 atom stereocenters. The van der Waals surface area contributed by atoms with Gasteiger partial charge < -0.3 is 16.0 Å². The van der Waals surface area contributed by atoms with Gasteiger partial charge in [-0.2, -0.15) is 0 Å². The quantitative estimate of drug-likeness (QED) is 0.828. The Labute approximate surface area is 121 Å². The highest BCUT2D eigenvalue weighted by atomic mass is 32.1. The number of rotatable bonds is 2. The number of benzene rings is 1. The van der Waals surface area contributed by atoms with Crippen molar-refractivity contribution >= 4 is 38.3 Å². The van der Waals surface area contributed by atoms with Crippen LogP contribution < -0.4 is 16.0 Å². The van der Waals surface area contributed by atoms with Crippen molar-refractivity contribution in [3.05, 3.63) is 18.2 Å². The number of fused-ring (bicyclic) bond motifs is 1. The molecule has 3 rings (SSSR count). The van der Waals surface area contributed by atoms with Gasteiger partial charge in [-0.15, -0.1) is 0 Å². The van der Waals surface area contributed by atoms with Crippen molar-refractivity contribution in [1.82, 2.24) is 10.3 Å². The van der Waals surface area contributed by atoms with Gasteiger partial charge in [0.15, 0.2) is 5.13 Å². The van der Waals surface area contributed by atoms with Gasteiger partial charge in [0, 0.05) is 25.8 Å². The van der Waals surface area contributed by atoms with E-state index in [9.17, 15) is 4.79 Å². The highest BCUT2D eigenvalue weighted by molar-refractivity contribution is 7.22. The summed E-state index contributed by atoms with van der Waals surface area (Å²) in [6, 6.07) is 5.77. The van der Waals surface area contributed by atoms with E-state index in [1.54, 1.807) is 18.4 Å². The van der Waals surface area contributed by atoms with Gasteiger partial charge in [0.2, 0.25) is 5.91 Å². The first-order chi connectivity index (χ1) is 9.67. The lowest BCUT2D eigenvalue weighted by Crippen LogP contribution is -2.42. The molecule has 106 valence electrons. The first-order valence-electron chi connectivity index (χ1n) is 6.80. The maximum atomic E-state index is 11.8. The fourth-order valence-corrected chi connectivity index (χ4v) is 3.68. The van der Waals surface area contributed by atoms with Crippen LogP contribution in [0.3, 0.4) is 0 Å². The summed E-state index contributed by atoms with van der Waals surface area (Å²) in [4.78, 5) is 18.7. The number of piperidine rings is 1. The molecule has 1 saturated heterocycles. The van der Waals surface area contributed by atoms with E-state index in [0.29, 0.717) is 0 Å². The molecule has 1 aromatic carbocycles. The minimum atomic E-state index is 0.0610. The number of aromatic nitrogens is 1. The number of carbonyl (C=O) groups is 1. The van der Waals surface area contributed by atoms with E-state index in [0.717, 1.165) is 47.0 Å². The van der Waals surface area contributed by atoms with E-state index in [1.807, 2.05) is 18.2 Å². The van der Waals surface area contributed by atoms with Crippen molar-refractivity contribution in [1.29, 1.82) is 0 Å². The third-order valence-electron chi connectivity index (χ3n) is 3.71. The van der Waals surface area contributed by atoms with Crippen molar-refractivity contribution < 1.29 is 4.79 Å². The number of hydrogen-bond acceptors (Lipinski definition) is 5. The molecule has 1 fully saturated rings. The number of nitrogens with two attached hydrogens (primary N) is 1. The van der Waals surface area contributed by atoms with Crippen molar-refractivity contribution in [3.63, 3.8) is 0 Å². The van der Waals surface area contributed by atoms with Crippen LogP contribution in [0.2, 0.25) is 0 Å². The molecule has 20 heavy (non-hydrogen) atoms. The fraction of sp³-hybridized carbons (Fsp3) is 0.429. The highest BCUT2D eigenvalue weighted by Crippen LogP contribution is 2.32. The molecule has 0 saturated carbocycles. The normalized spacial score (nSPS) is 19.2. The van der Waals surface area contributed by atoms with Gasteiger partial charge in [-0.1, -0.05) is 11.3 Å². The maximum Gasteiger partial charge on any atom is 0.224 e. The van der Waals surface area contributed by atoms with Gasteiger partial charge in [0.1, 0.15) is 0 Å². The zero-order valence-corrected chi connectivity index (χ0v) is 12.2. The van der Waals surface area contributed by atoms with Gasteiger partial charge in [-0.3, -0.25) is 4.79 Å². The predicted octanol–water partition coefficient (Wildman–Crippen LogP) is 1.84. The smallest absolute Gasteiger partial charge is 0.224 e. The van der Waals surface area contributed by atoms with Crippen LogP contribution in [0.5, 0.6) is 0 Å². The Balaban J connectivity index is 1.84. The molecule has 3 N–H and O–H groups in total. The number of nitrogens with zero attached hydrogens (tertiary/aromatic N) is 2. The monoisotopic (exact) mass is 290 g/mol. The molecule has 0 bridgehead atoms. The van der Waals surface area contributed by atoms with Crippen molar-refractivity contribution in [2.75, 3.05) is 30.8 Å². The molecule has 1 unspecified atom stereocenters. The van der Waals surface area contributed by atoms with Crippen molar-refractivity contribution in [3.8, 4) is 0 Å². The summed E-state index contributed by atoms with van der Waals surface area (Å²) in [5, 5.41) is 3.73. The zero-order valence-electron chi connectivity index (χ0n) is 11.4. The molecule has 1 amide bonds. The number of thiazole rings is 1. The number of amides is 1. The van der Waals surface area contributed by atoms with Crippen LogP contribution >= 0.6 is 11.3 Å². The van der Waals surface area contributed by atoms with Crippen LogP contribution in [0.4, 0.5) is 10.8 Å². The van der Waals surface area contributed by atoms with Crippen molar-refractivity contribution in [2.45, 2.75) is 12.8 Å². The zero-order chi connectivity index (χ0) is 14.1. The third kappa shape index (κ3) is 2.43. The molecular formula is C14H18N4OS. The van der Waals surface area contributed by atoms with Gasteiger partial charge in [-0.25, -0.2) is 4.98 Å². The molecule has 0 spiro atoms. The first-order valence-corrected chi connectivity index (χ1v) is 7.61. The van der Waals surface area contributed by atoms with E-state index in [1.165, 1.54) is 0 Å². The summed E-state index contributed by atoms with van der Waals surface area (Å²) in [5.74, 6) is 0.186. The lowest BCUT2D eigenvalue weighted by Gasteiger charge is -2.31. The largest absolute Gasteiger partial charge is 0.399 e. The van der Waals surface area contributed by atoms with Crippen LogP contribution in [0, 0.1) is 5.92 Å². The molecule has 5 nitrogen and oxygen atoms in total. The van der Waals surface area contributed by atoms with Gasteiger partial charge in [-0.05, 0) is 31.0 Å². The number of carbonyl (C=O) groups excluding carboxylic acids is 1. The summed E-state index contributed by atoms with van der Waals surface area (Å²) in [7, 11) is 1.70. The number of anilines is 2. The Morgan fingerprint density at radius 3 is 3.20 bits per heavy atom. The van der Waals surface area contributed by atoms with E-state index in [2.05, 4.69) is 15.2 Å². The summed E-state index contributed by atoms with van der Waals surface area (Å²) in [6.45, 7) is 1.71. The second-order valence-electron chi connectivity index (χ2n) is 5.12. The lowest BCUT2D eigenvalue weighted by molar-refractivity contribution is -0.124. The average Bonchev–Trinajstić information content (AvgIpc) is 2.89. The lowest BCUT2D eigenvalue weighted by atomic mass is 9.98. The highest BCUT2D eigenvalue weighted by Gasteiger charge is 2.26. The van der Waals surface area contributed by atoms with Crippen molar-refractivity contribution in [2.24, 2.45) is 5.92 Å². The second kappa shape index (κ2) is 5.28. The molecule has 1 aromatic heterocycles. The predicted molar refractivity (Wildman–Crippen MR) is 83.0 cm³/mol. The molecule has 0 radical (unpaired) electrons. The van der Waals surface area contributed by atoms with E-state index < -0.39 is 0 Å². The maximum absolute atomic E-state index is 11.8. The van der Waals surface area contributed by atoms with Gasteiger partial charge in [0.05, 0.1) is 16.1 Å². The molecule has 1 aliphatic rings. The van der Waals surface area contributed by atoms with Crippen LogP contribution in [0.1, 0.15) is 12.8 Å². The standard InChI is InChI=1S/C14H18N4OS/c1-16-13(19)9-3-2-6-18(8-9)14-17-11-5-4-10(15)7-12(11)20-14/h4-5,7,9H,2-3,6,8,15H2,1H3,(H,16,19). The minimum absolute atomic E-state index is 0.0610. The molecule has 0 aliphatic carbocycles. The Kier molecular flexibility index (Phi) is 3.48. The Morgan fingerprint density at radius 2 is 2.40 bits per heavy atom. The molecule has 2 heterocycles. The summed E-state index contributed by atoms with van der Waals surface area (Å²) >= 11 is 1.64. The summed E-state index contributed by atoms with van der Waals surface area (Å²) in [5.41, 5.74) is 7.54. The van der Waals surface area contributed by atoms with Crippen LogP contribution in [0.25, 0.3) is 10.2 Å². The number of nitrogens with one attached hydrogen (secondary N) is 1. The first kappa shape index (κ1) is 13.2. The Hall–Kier alpha value is -1.82. The van der Waals surface area contributed by atoms with E-state index in [-0.39, 0.29) is 11.8 Å². The topological polar surface area (TPSA) is 71.2 Å². The van der Waals surface area contributed by atoms with E-state index >= 15 is 0 Å². The second-order valence-corrected chi connectivity index (χ2v) is 6.13. The number of nitrogen functional groups attached to an aromatic ring is 1. The fourth-order valence-electron chi connectivity index (χ4n) is 2.63. The molecule has 1 aliphatic heterocycles. The average molecular weight is 290 g/mol. The molecule has 2 aromatic rings. The summed E-state index contributed by atoms with van der Waals surface area (Å²) in [6.07, 6.45) is 1.98. The summed E-state index contributed by atoms with van der Waals surface area (Å²) < 4.78 is 1.10.